The van der Waals surface area contributed by atoms with E-state index in [4.69, 9.17) is 11.6 Å². The molecule has 4 rings (SSSR count). The van der Waals surface area contributed by atoms with Crippen molar-refractivity contribution in [3.63, 3.8) is 0 Å². The quantitative estimate of drug-likeness (QED) is 0.315. The van der Waals surface area contributed by atoms with Gasteiger partial charge in [-0.15, -0.1) is 0 Å². The minimum absolute atomic E-state index is 0.159. The molecule has 9 heteroatoms. The summed E-state index contributed by atoms with van der Waals surface area (Å²) in [6, 6.07) is 20.8. The van der Waals surface area contributed by atoms with E-state index in [0.29, 0.717) is 27.3 Å². The van der Waals surface area contributed by atoms with Crippen LogP contribution in [0.2, 0.25) is 5.02 Å². The van der Waals surface area contributed by atoms with Gasteiger partial charge in [0.2, 0.25) is 0 Å². The molecule has 0 aliphatic rings. The highest BCUT2D eigenvalue weighted by Crippen LogP contribution is 2.24. The van der Waals surface area contributed by atoms with Gasteiger partial charge in [0.25, 0.3) is 5.91 Å². The summed E-state index contributed by atoms with van der Waals surface area (Å²) >= 11 is 9.49. The van der Waals surface area contributed by atoms with Crippen LogP contribution in [0.1, 0.15) is 16.1 Å². The number of nitrogens with zero attached hydrogens (tertiary/aromatic N) is 1. The lowest BCUT2D eigenvalue weighted by Gasteiger charge is -2.13. The van der Waals surface area contributed by atoms with Crippen LogP contribution in [-0.4, -0.2) is 22.4 Å². The van der Waals surface area contributed by atoms with Crippen LogP contribution in [0.25, 0.3) is 10.9 Å². The molecule has 4 aromatic rings. The monoisotopic (exact) mass is 524 g/mol. The smallest absolute Gasteiger partial charge is 0.321 e. The number of nitrogens with one attached hydrogen (secondary N) is 3. The highest BCUT2D eigenvalue weighted by atomic mass is 79.9. The van der Waals surface area contributed by atoms with Gasteiger partial charge in [0, 0.05) is 26.3 Å². The molecule has 3 amide bonds. The number of aromatic nitrogens is 1. The molecule has 0 saturated carbocycles. The van der Waals surface area contributed by atoms with Crippen LogP contribution in [0.15, 0.2) is 77.3 Å². The molecule has 0 saturated heterocycles. The molecule has 0 aliphatic heterocycles. The first-order valence-electron chi connectivity index (χ1n) is 9.88. The first kappa shape index (κ1) is 22.6. The summed E-state index contributed by atoms with van der Waals surface area (Å²) in [5.41, 5.74) is 5.06. The largest absolute Gasteiger partial charge is 0.328 e. The Bertz CT molecular complexity index is 1390. The number of carbonyl (C=O) groups is 3. The zero-order valence-corrected chi connectivity index (χ0v) is 19.7. The number of rotatable bonds is 4. The van der Waals surface area contributed by atoms with Crippen molar-refractivity contribution in [1.29, 1.82) is 0 Å². The number of anilines is 2. The van der Waals surface area contributed by atoms with E-state index >= 15 is 0 Å². The van der Waals surface area contributed by atoms with E-state index in [1.807, 2.05) is 19.1 Å². The van der Waals surface area contributed by atoms with Crippen LogP contribution in [0.5, 0.6) is 0 Å². The van der Waals surface area contributed by atoms with E-state index in [2.05, 4.69) is 32.0 Å². The maximum atomic E-state index is 13.0. The van der Waals surface area contributed by atoms with Gasteiger partial charge in [0.05, 0.1) is 5.52 Å². The van der Waals surface area contributed by atoms with E-state index in [-0.39, 0.29) is 5.69 Å². The summed E-state index contributed by atoms with van der Waals surface area (Å²) in [6.07, 6.45) is 0. The van der Waals surface area contributed by atoms with Crippen LogP contribution < -0.4 is 16.1 Å². The standard InChI is InChI=1S/C24H18BrClN4O3/c1-14-7-9-18(13-19(14)26)28-23(32)24(33)29-30-20-10-8-16(25)11-15(20)12-21(30)22(31)27-17-5-3-2-4-6-17/h2-13H,1H3,(H,27,31)(H,28,32)(H,29,33). The summed E-state index contributed by atoms with van der Waals surface area (Å²) < 4.78 is 2.10. The third-order valence-corrected chi connectivity index (χ3v) is 5.78. The first-order valence-corrected chi connectivity index (χ1v) is 11.0. The molecule has 0 bridgehead atoms. The Morgan fingerprint density at radius 1 is 0.848 bits per heavy atom. The lowest BCUT2D eigenvalue weighted by Crippen LogP contribution is -2.36. The Hall–Kier alpha value is -3.62. The molecule has 0 fully saturated rings. The fourth-order valence-electron chi connectivity index (χ4n) is 3.20. The van der Waals surface area contributed by atoms with Crippen LogP contribution in [0.4, 0.5) is 11.4 Å². The fraction of sp³-hybridized carbons (Fsp3) is 0.0417. The van der Waals surface area contributed by atoms with Crippen molar-refractivity contribution < 1.29 is 14.4 Å². The van der Waals surface area contributed by atoms with Crippen molar-refractivity contribution in [2.24, 2.45) is 0 Å². The third kappa shape index (κ3) is 5.08. The van der Waals surface area contributed by atoms with E-state index < -0.39 is 17.7 Å². The van der Waals surface area contributed by atoms with Crippen molar-refractivity contribution in [3.05, 3.63) is 93.5 Å². The number of hydrogen-bond donors (Lipinski definition) is 3. The zero-order chi connectivity index (χ0) is 23.5. The van der Waals surface area contributed by atoms with Gasteiger partial charge in [-0.3, -0.25) is 19.8 Å². The molecule has 0 spiro atoms. The predicted molar refractivity (Wildman–Crippen MR) is 133 cm³/mol. The lowest BCUT2D eigenvalue weighted by atomic mass is 10.2. The molecular weight excluding hydrogens is 508 g/mol. The van der Waals surface area contributed by atoms with Gasteiger partial charge in [0.1, 0.15) is 5.69 Å². The van der Waals surface area contributed by atoms with E-state index in [1.165, 1.54) is 4.68 Å². The zero-order valence-electron chi connectivity index (χ0n) is 17.4. The van der Waals surface area contributed by atoms with E-state index in [9.17, 15) is 14.4 Å². The summed E-state index contributed by atoms with van der Waals surface area (Å²) in [5, 5.41) is 6.47. The molecule has 1 aromatic heterocycles. The van der Waals surface area contributed by atoms with Gasteiger partial charge in [-0.25, -0.2) is 4.68 Å². The molecule has 166 valence electrons. The number of fused-ring (bicyclic) bond motifs is 1. The topological polar surface area (TPSA) is 92.2 Å². The third-order valence-electron chi connectivity index (χ3n) is 4.88. The van der Waals surface area contributed by atoms with Crippen LogP contribution in [-0.2, 0) is 9.59 Å². The van der Waals surface area contributed by atoms with Crippen LogP contribution in [0, 0.1) is 6.92 Å². The number of carbonyl (C=O) groups excluding carboxylic acids is 3. The maximum absolute atomic E-state index is 13.0. The van der Waals surface area contributed by atoms with Gasteiger partial charge in [-0.1, -0.05) is 51.8 Å². The second-order valence-electron chi connectivity index (χ2n) is 7.25. The second-order valence-corrected chi connectivity index (χ2v) is 8.57. The first-order chi connectivity index (χ1) is 15.8. The van der Waals surface area contributed by atoms with Crippen molar-refractivity contribution in [2.45, 2.75) is 6.92 Å². The minimum Gasteiger partial charge on any atom is -0.321 e. The van der Waals surface area contributed by atoms with Crippen molar-refractivity contribution in [3.8, 4) is 0 Å². The Morgan fingerprint density at radius 3 is 2.33 bits per heavy atom. The van der Waals surface area contributed by atoms with Gasteiger partial charge < -0.3 is 10.6 Å². The highest BCUT2D eigenvalue weighted by Gasteiger charge is 2.21. The van der Waals surface area contributed by atoms with Gasteiger partial charge >= 0.3 is 11.8 Å². The highest BCUT2D eigenvalue weighted by molar-refractivity contribution is 9.10. The summed E-state index contributed by atoms with van der Waals surface area (Å²) in [7, 11) is 0. The Morgan fingerprint density at radius 2 is 1.61 bits per heavy atom. The molecular formula is C24H18BrClN4O3. The number of para-hydroxylation sites is 1. The lowest BCUT2D eigenvalue weighted by molar-refractivity contribution is -0.133. The van der Waals surface area contributed by atoms with Crippen LogP contribution >= 0.6 is 27.5 Å². The molecule has 0 atom stereocenters. The van der Waals surface area contributed by atoms with E-state index in [1.54, 1.807) is 60.7 Å². The maximum Gasteiger partial charge on any atom is 0.328 e. The van der Waals surface area contributed by atoms with Crippen molar-refractivity contribution in [1.82, 2.24) is 4.68 Å². The number of hydrogen-bond acceptors (Lipinski definition) is 3. The van der Waals surface area contributed by atoms with Gasteiger partial charge in [-0.05, 0) is 61.0 Å². The average Bonchev–Trinajstić information content (AvgIpc) is 3.14. The summed E-state index contributed by atoms with van der Waals surface area (Å²) in [6.45, 7) is 1.83. The second kappa shape index (κ2) is 9.48. The summed E-state index contributed by atoms with van der Waals surface area (Å²) in [5.74, 6) is -2.29. The molecule has 0 unspecified atom stereocenters. The van der Waals surface area contributed by atoms with Crippen molar-refractivity contribution >= 4 is 67.5 Å². The summed E-state index contributed by atoms with van der Waals surface area (Å²) in [4.78, 5) is 38.2. The number of halogens is 2. The molecule has 0 radical (unpaired) electrons. The fourth-order valence-corrected chi connectivity index (χ4v) is 3.76. The average molecular weight is 526 g/mol. The predicted octanol–water partition coefficient (Wildman–Crippen LogP) is 5.33. The molecule has 3 N–H and O–H groups in total. The van der Waals surface area contributed by atoms with Crippen LogP contribution in [0.3, 0.4) is 0 Å². The molecule has 33 heavy (non-hydrogen) atoms. The Labute approximate surface area is 202 Å². The number of benzene rings is 3. The SMILES string of the molecule is Cc1ccc(NC(=O)C(=O)Nn2c(C(=O)Nc3ccccc3)cc3cc(Br)ccc32)cc1Cl. The number of aryl methyl sites for hydroxylation is 1. The van der Waals surface area contributed by atoms with Gasteiger partial charge in [0.15, 0.2) is 0 Å². The van der Waals surface area contributed by atoms with Gasteiger partial charge in [-0.2, -0.15) is 0 Å². The molecule has 7 nitrogen and oxygen atoms in total. The number of amides is 3. The molecule has 1 heterocycles. The van der Waals surface area contributed by atoms with E-state index in [0.717, 1.165) is 10.0 Å². The molecule has 0 aliphatic carbocycles. The Balaban J connectivity index is 1.62. The normalized spacial score (nSPS) is 10.6. The molecule has 3 aromatic carbocycles. The Kier molecular flexibility index (Phi) is 6.48. The minimum atomic E-state index is -0.944. The van der Waals surface area contributed by atoms with Crippen molar-refractivity contribution in [2.75, 3.05) is 16.1 Å².